The highest BCUT2D eigenvalue weighted by molar-refractivity contribution is 5.91. The number of nitrogens with two attached hydrogens (primary N) is 1. The van der Waals surface area contributed by atoms with Crippen LogP contribution >= 0.6 is 0 Å². The highest BCUT2D eigenvalue weighted by atomic mass is 16.4. The first-order valence-electron chi connectivity index (χ1n) is 5.91. The van der Waals surface area contributed by atoms with Gasteiger partial charge in [0, 0.05) is 26.2 Å². The molecule has 0 atom stereocenters. The highest BCUT2D eigenvalue weighted by Crippen LogP contribution is 2.10. The van der Waals surface area contributed by atoms with Gasteiger partial charge in [0.1, 0.15) is 0 Å². The second-order valence-electron chi connectivity index (χ2n) is 4.05. The van der Waals surface area contributed by atoms with Crippen molar-refractivity contribution in [2.45, 2.75) is 13.5 Å². The number of carbonyl (C=O) groups excluding carboxylic acids is 1. The molecule has 1 aliphatic heterocycles. The standard InChI is InChI=1S/C11H18N4O2/c1-2-14-3-5-15(6-4-14)11(16)9-8-13-10(7-12)17-9/h8H,2-7,12H2,1H3. The largest absolute Gasteiger partial charge is 0.434 e. The van der Waals surface area contributed by atoms with E-state index in [1.807, 2.05) is 0 Å². The number of piperazine rings is 1. The summed E-state index contributed by atoms with van der Waals surface area (Å²) in [4.78, 5) is 20.1. The average Bonchev–Trinajstić information content (AvgIpc) is 2.87. The first kappa shape index (κ1) is 12.1. The number of hydrogen-bond donors (Lipinski definition) is 1. The van der Waals surface area contributed by atoms with E-state index in [0.29, 0.717) is 5.89 Å². The quantitative estimate of drug-likeness (QED) is 0.796. The summed E-state index contributed by atoms with van der Waals surface area (Å²) in [6.45, 7) is 6.69. The maximum atomic E-state index is 12.1. The van der Waals surface area contributed by atoms with E-state index in [-0.39, 0.29) is 18.2 Å². The summed E-state index contributed by atoms with van der Waals surface area (Å²) in [6, 6.07) is 0. The van der Waals surface area contributed by atoms with Crippen LogP contribution in [0.25, 0.3) is 0 Å². The normalized spacial score (nSPS) is 17.4. The monoisotopic (exact) mass is 238 g/mol. The number of oxazole rings is 1. The van der Waals surface area contributed by atoms with Crippen molar-refractivity contribution < 1.29 is 9.21 Å². The van der Waals surface area contributed by atoms with Crippen molar-refractivity contribution in [2.75, 3.05) is 32.7 Å². The Morgan fingerprint density at radius 2 is 2.18 bits per heavy atom. The predicted octanol–water partition coefficient (Wildman–Crippen LogP) is -0.0890. The number of aromatic nitrogens is 1. The molecule has 1 saturated heterocycles. The van der Waals surface area contributed by atoms with Crippen molar-refractivity contribution in [3.8, 4) is 0 Å². The molecule has 0 aliphatic carbocycles. The van der Waals surface area contributed by atoms with E-state index in [9.17, 15) is 4.79 Å². The third kappa shape index (κ3) is 2.65. The Hall–Kier alpha value is -1.40. The summed E-state index contributed by atoms with van der Waals surface area (Å²) in [5.41, 5.74) is 5.39. The van der Waals surface area contributed by atoms with E-state index < -0.39 is 0 Å². The van der Waals surface area contributed by atoms with Gasteiger partial charge < -0.3 is 20.0 Å². The summed E-state index contributed by atoms with van der Waals surface area (Å²) in [5.74, 6) is 0.601. The van der Waals surface area contributed by atoms with Gasteiger partial charge in [0.05, 0.1) is 12.7 Å². The van der Waals surface area contributed by atoms with E-state index in [1.54, 1.807) is 4.90 Å². The number of rotatable bonds is 3. The summed E-state index contributed by atoms with van der Waals surface area (Å²) >= 11 is 0. The molecule has 2 rings (SSSR count). The average molecular weight is 238 g/mol. The molecule has 0 spiro atoms. The minimum absolute atomic E-state index is 0.0899. The van der Waals surface area contributed by atoms with Crippen LogP contribution in [0.1, 0.15) is 23.4 Å². The molecule has 17 heavy (non-hydrogen) atoms. The fourth-order valence-corrected chi connectivity index (χ4v) is 1.93. The smallest absolute Gasteiger partial charge is 0.291 e. The Morgan fingerprint density at radius 1 is 1.47 bits per heavy atom. The lowest BCUT2D eigenvalue weighted by atomic mass is 10.3. The summed E-state index contributed by atoms with van der Waals surface area (Å²) in [7, 11) is 0. The van der Waals surface area contributed by atoms with Crippen LogP contribution in [-0.2, 0) is 6.54 Å². The summed E-state index contributed by atoms with van der Waals surface area (Å²) < 4.78 is 5.26. The SMILES string of the molecule is CCN1CCN(C(=O)c2cnc(CN)o2)CC1. The van der Waals surface area contributed by atoms with Gasteiger partial charge in [0.15, 0.2) is 0 Å². The first-order valence-corrected chi connectivity index (χ1v) is 5.91. The van der Waals surface area contributed by atoms with Gasteiger partial charge in [-0.1, -0.05) is 6.92 Å². The minimum Gasteiger partial charge on any atom is -0.434 e. The molecule has 0 unspecified atom stereocenters. The molecule has 0 saturated carbocycles. The number of hydrogen-bond acceptors (Lipinski definition) is 5. The van der Waals surface area contributed by atoms with E-state index in [1.165, 1.54) is 6.20 Å². The lowest BCUT2D eigenvalue weighted by Crippen LogP contribution is -2.48. The van der Waals surface area contributed by atoms with Gasteiger partial charge in [-0.05, 0) is 6.54 Å². The zero-order valence-electron chi connectivity index (χ0n) is 10.1. The Bertz CT molecular complexity index is 383. The molecule has 1 fully saturated rings. The Kier molecular flexibility index (Phi) is 3.75. The molecule has 2 N–H and O–H groups in total. The van der Waals surface area contributed by atoms with Crippen molar-refractivity contribution in [2.24, 2.45) is 5.73 Å². The molecule has 6 heteroatoms. The van der Waals surface area contributed by atoms with Crippen molar-refractivity contribution >= 4 is 5.91 Å². The van der Waals surface area contributed by atoms with Crippen LogP contribution in [0.4, 0.5) is 0 Å². The molecule has 1 aliphatic rings. The maximum absolute atomic E-state index is 12.1. The third-order valence-electron chi connectivity index (χ3n) is 3.05. The van der Waals surface area contributed by atoms with E-state index in [0.717, 1.165) is 32.7 Å². The van der Waals surface area contributed by atoms with Gasteiger partial charge >= 0.3 is 0 Å². The van der Waals surface area contributed by atoms with Crippen molar-refractivity contribution in [1.82, 2.24) is 14.8 Å². The van der Waals surface area contributed by atoms with Gasteiger partial charge in [0.2, 0.25) is 11.7 Å². The fraction of sp³-hybridized carbons (Fsp3) is 0.636. The second kappa shape index (κ2) is 5.29. The van der Waals surface area contributed by atoms with Crippen LogP contribution in [0.15, 0.2) is 10.6 Å². The predicted molar refractivity (Wildman–Crippen MR) is 62.4 cm³/mol. The van der Waals surface area contributed by atoms with E-state index in [2.05, 4.69) is 16.8 Å². The number of likely N-dealkylation sites (N-methyl/N-ethyl adjacent to an activating group) is 1. The van der Waals surface area contributed by atoms with Crippen molar-refractivity contribution in [1.29, 1.82) is 0 Å². The fourth-order valence-electron chi connectivity index (χ4n) is 1.93. The Balaban J connectivity index is 1.96. The topological polar surface area (TPSA) is 75.6 Å². The van der Waals surface area contributed by atoms with Gasteiger partial charge in [-0.3, -0.25) is 4.79 Å². The summed E-state index contributed by atoms with van der Waals surface area (Å²) in [5, 5.41) is 0. The maximum Gasteiger partial charge on any atom is 0.291 e. The van der Waals surface area contributed by atoms with Crippen LogP contribution in [0, 0.1) is 0 Å². The lowest BCUT2D eigenvalue weighted by molar-refractivity contribution is 0.0610. The van der Waals surface area contributed by atoms with Crippen LogP contribution in [0.5, 0.6) is 0 Å². The van der Waals surface area contributed by atoms with Gasteiger partial charge in [-0.25, -0.2) is 4.98 Å². The number of nitrogens with zero attached hydrogens (tertiary/aromatic N) is 3. The van der Waals surface area contributed by atoms with E-state index >= 15 is 0 Å². The first-order chi connectivity index (χ1) is 8.24. The zero-order valence-corrected chi connectivity index (χ0v) is 10.1. The van der Waals surface area contributed by atoms with Gasteiger partial charge in [0.25, 0.3) is 5.91 Å². The molecule has 0 aromatic carbocycles. The van der Waals surface area contributed by atoms with Crippen molar-refractivity contribution in [3.63, 3.8) is 0 Å². The van der Waals surface area contributed by atoms with E-state index in [4.69, 9.17) is 10.2 Å². The van der Waals surface area contributed by atoms with Gasteiger partial charge in [-0.2, -0.15) is 0 Å². The van der Waals surface area contributed by atoms with Crippen LogP contribution in [-0.4, -0.2) is 53.4 Å². The van der Waals surface area contributed by atoms with Gasteiger partial charge in [-0.15, -0.1) is 0 Å². The molecule has 1 amide bonds. The number of amides is 1. The Morgan fingerprint density at radius 3 is 2.71 bits per heavy atom. The molecule has 2 heterocycles. The van der Waals surface area contributed by atoms with Crippen LogP contribution in [0.3, 0.4) is 0 Å². The van der Waals surface area contributed by atoms with Crippen LogP contribution < -0.4 is 5.73 Å². The molecule has 1 aromatic heterocycles. The molecule has 1 aromatic rings. The number of carbonyl (C=O) groups is 1. The summed E-state index contributed by atoms with van der Waals surface area (Å²) in [6.07, 6.45) is 1.46. The molecule has 94 valence electrons. The molecule has 0 radical (unpaired) electrons. The zero-order chi connectivity index (χ0) is 12.3. The van der Waals surface area contributed by atoms with Crippen molar-refractivity contribution in [3.05, 3.63) is 17.8 Å². The molecule has 0 bridgehead atoms. The highest BCUT2D eigenvalue weighted by Gasteiger charge is 2.23. The second-order valence-corrected chi connectivity index (χ2v) is 4.05. The van der Waals surface area contributed by atoms with Crippen LogP contribution in [0.2, 0.25) is 0 Å². The molecular weight excluding hydrogens is 220 g/mol. The molecule has 6 nitrogen and oxygen atoms in total. The minimum atomic E-state index is -0.0899. The Labute approximate surface area is 100 Å². The molecular formula is C11H18N4O2. The third-order valence-corrected chi connectivity index (χ3v) is 3.05. The lowest BCUT2D eigenvalue weighted by Gasteiger charge is -2.33.